The van der Waals surface area contributed by atoms with Gasteiger partial charge in [-0.1, -0.05) is 6.07 Å². The molecule has 0 aliphatic carbocycles. The third-order valence-corrected chi connectivity index (χ3v) is 4.58. The first-order chi connectivity index (χ1) is 11.6. The van der Waals surface area contributed by atoms with Gasteiger partial charge < -0.3 is 14.5 Å². The number of nitrogens with one attached hydrogen (secondary N) is 1. The van der Waals surface area contributed by atoms with E-state index in [9.17, 15) is 9.59 Å². The van der Waals surface area contributed by atoms with Crippen molar-refractivity contribution in [2.75, 3.05) is 20.3 Å². The monoisotopic (exact) mass is 345 g/mol. The lowest BCUT2D eigenvalue weighted by Gasteiger charge is -2.02. The van der Waals surface area contributed by atoms with E-state index in [4.69, 9.17) is 9.47 Å². The molecule has 0 unspecified atom stereocenters. The van der Waals surface area contributed by atoms with Gasteiger partial charge in [-0.2, -0.15) is 0 Å². The Bertz CT molecular complexity index is 934. The van der Waals surface area contributed by atoms with Crippen molar-refractivity contribution in [2.45, 2.75) is 6.92 Å². The molecule has 3 aromatic rings. The van der Waals surface area contributed by atoms with E-state index in [0.29, 0.717) is 38.8 Å². The Hall–Kier alpha value is -2.58. The Morgan fingerprint density at radius 2 is 2.17 bits per heavy atom. The number of pyridine rings is 1. The van der Waals surface area contributed by atoms with Crippen molar-refractivity contribution in [1.29, 1.82) is 0 Å². The minimum atomic E-state index is -0.480. The smallest absolute Gasteiger partial charge is 0.348 e. The summed E-state index contributed by atoms with van der Waals surface area (Å²) in [6, 6.07) is 5.35. The molecule has 3 aromatic heterocycles. The molecule has 1 N–H and O–H groups in total. The van der Waals surface area contributed by atoms with Gasteiger partial charge >= 0.3 is 5.97 Å². The molecule has 0 bridgehead atoms. The van der Waals surface area contributed by atoms with Gasteiger partial charge in [0.25, 0.3) is 5.56 Å². The van der Waals surface area contributed by atoms with Gasteiger partial charge in [-0.3, -0.25) is 9.78 Å². The molecule has 8 heteroatoms. The lowest BCUT2D eigenvalue weighted by Crippen LogP contribution is -2.11. The highest BCUT2D eigenvalue weighted by Gasteiger charge is 2.20. The van der Waals surface area contributed by atoms with E-state index in [-0.39, 0.29) is 12.2 Å². The maximum atomic E-state index is 12.4. The Balaban J connectivity index is 2.03. The van der Waals surface area contributed by atoms with E-state index in [0.717, 1.165) is 11.3 Å². The molecule has 0 aromatic carbocycles. The largest absolute Gasteiger partial charge is 0.459 e. The summed E-state index contributed by atoms with van der Waals surface area (Å²) < 4.78 is 9.98. The number of thiophene rings is 1. The fourth-order valence-corrected chi connectivity index (χ4v) is 3.32. The zero-order valence-electron chi connectivity index (χ0n) is 13.2. The van der Waals surface area contributed by atoms with Crippen molar-refractivity contribution >= 4 is 27.5 Å². The summed E-state index contributed by atoms with van der Waals surface area (Å²) in [5.74, 6) is -0.111. The molecule has 7 nitrogen and oxygen atoms in total. The molecule has 3 heterocycles. The van der Waals surface area contributed by atoms with Gasteiger partial charge in [-0.15, -0.1) is 11.3 Å². The summed E-state index contributed by atoms with van der Waals surface area (Å²) in [4.78, 5) is 36.7. The van der Waals surface area contributed by atoms with Gasteiger partial charge in [0.2, 0.25) is 0 Å². The number of nitrogens with zero attached hydrogens (tertiary/aromatic N) is 2. The summed E-state index contributed by atoms with van der Waals surface area (Å²) in [7, 11) is 1.53. The summed E-state index contributed by atoms with van der Waals surface area (Å²) in [5, 5.41) is 0.401. The van der Waals surface area contributed by atoms with E-state index in [1.54, 1.807) is 25.3 Å². The molecule has 0 spiro atoms. The van der Waals surface area contributed by atoms with Gasteiger partial charge in [0, 0.05) is 13.3 Å². The highest BCUT2D eigenvalue weighted by molar-refractivity contribution is 7.20. The molecule has 24 heavy (non-hydrogen) atoms. The van der Waals surface area contributed by atoms with Crippen molar-refractivity contribution < 1.29 is 14.3 Å². The molecule has 124 valence electrons. The van der Waals surface area contributed by atoms with Crippen molar-refractivity contribution in [1.82, 2.24) is 15.0 Å². The van der Waals surface area contributed by atoms with Crippen LogP contribution in [-0.2, 0) is 9.47 Å². The minimum absolute atomic E-state index is 0.159. The first kappa shape index (κ1) is 16.3. The van der Waals surface area contributed by atoms with Crippen LogP contribution in [0.2, 0.25) is 0 Å². The Labute approximate surface area is 141 Å². The second-order valence-corrected chi connectivity index (χ2v) is 5.99. The number of hydrogen-bond donors (Lipinski definition) is 1. The van der Waals surface area contributed by atoms with Crippen LogP contribution in [0.15, 0.2) is 29.2 Å². The van der Waals surface area contributed by atoms with E-state index in [1.165, 1.54) is 7.11 Å². The molecular formula is C16H15N3O4S. The molecule has 0 aliphatic rings. The topological polar surface area (TPSA) is 94.2 Å². The van der Waals surface area contributed by atoms with Crippen LogP contribution in [0, 0.1) is 6.92 Å². The highest BCUT2D eigenvalue weighted by Crippen LogP contribution is 2.28. The fraction of sp³-hybridized carbons (Fsp3) is 0.250. The van der Waals surface area contributed by atoms with Crippen molar-refractivity contribution in [3.63, 3.8) is 0 Å². The van der Waals surface area contributed by atoms with Crippen LogP contribution in [0.4, 0.5) is 0 Å². The van der Waals surface area contributed by atoms with Crippen LogP contribution in [-0.4, -0.2) is 41.2 Å². The van der Waals surface area contributed by atoms with Crippen LogP contribution < -0.4 is 5.56 Å². The van der Waals surface area contributed by atoms with Crippen LogP contribution in [0.1, 0.15) is 15.2 Å². The number of rotatable bonds is 5. The van der Waals surface area contributed by atoms with Gasteiger partial charge in [-0.05, 0) is 24.6 Å². The summed E-state index contributed by atoms with van der Waals surface area (Å²) in [5.41, 5.74) is 0.829. The third kappa shape index (κ3) is 3.06. The number of aryl methyl sites for hydroxylation is 1. The first-order valence-electron chi connectivity index (χ1n) is 7.22. The Morgan fingerprint density at radius 3 is 2.88 bits per heavy atom. The summed E-state index contributed by atoms with van der Waals surface area (Å²) in [6.45, 7) is 2.19. The number of fused-ring (bicyclic) bond motifs is 1. The number of hydrogen-bond acceptors (Lipinski definition) is 7. The van der Waals surface area contributed by atoms with Crippen molar-refractivity contribution in [3.05, 3.63) is 45.2 Å². The van der Waals surface area contributed by atoms with Crippen molar-refractivity contribution in [3.8, 4) is 11.5 Å². The zero-order valence-corrected chi connectivity index (χ0v) is 14.0. The standard InChI is InChI=1S/C16H15N3O4S/c1-9-11-14(20)18-13(10-5-3-4-6-17-10)19-15(11)24-12(9)16(21)23-8-7-22-2/h3-6H,7-8H2,1-2H3,(H,18,19,20). The number of aromatic nitrogens is 3. The summed E-state index contributed by atoms with van der Waals surface area (Å²) >= 11 is 1.14. The number of methoxy groups -OCH3 is 1. The van der Waals surface area contributed by atoms with E-state index < -0.39 is 5.97 Å². The normalized spacial score (nSPS) is 10.9. The number of ether oxygens (including phenoxy) is 2. The van der Waals surface area contributed by atoms with Crippen LogP contribution in [0.3, 0.4) is 0 Å². The average Bonchev–Trinajstić information content (AvgIpc) is 2.93. The van der Waals surface area contributed by atoms with Gasteiger partial charge in [0.15, 0.2) is 5.82 Å². The molecule has 0 fully saturated rings. The van der Waals surface area contributed by atoms with E-state index >= 15 is 0 Å². The lowest BCUT2D eigenvalue weighted by molar-refractivity contribution is 0.0393. The van der Waals surface area contributed by atoms with Crippen LogP contribution >= 0.6 is 11.3 Å². The molecule has 0 saturated heterocycles. The third-order valence-electron chi connectivity index (χ3n) is 3.41. The Morgan fingerprint density at radius 1 is 1.33 bits per heavy atom. The van der Waals surface area contributed by atoms with Gasteiger partial charge in [0.1, 0.15) is 22.0 Å². The molecule has 0 amide bonds. The molecular weight excluding hydrogens is 330 g/mol. The van der Waals surface area contributed by atoms with Crippen molar-refractivity contribution in [2.24, 2.45) is 0 Å². The second kappa shape index (κ2) is 6.90. The number of H-pyrrole nitrogens is 1. The number of carbonyl (C=O) groups excluding carboxylic acids is 1. The molecule has 0 atom stereocenters. The predicted octanol–water partition coefficient (Wildman–Crippen LogP) is 2.16. The fourth-order valence-electron chi connectivity index (χ4n) is 2.25. The van der Waals surface area contributed by atoms with Gasteiger partial charge in [0.05, 0.1) is 12.0 Å². The Kier molecular flexibility index (Phi) is 4.68. The first-order valence-corrected chi connectivity index (χ1v) is 8.04. The molecule has 0 radical (unpaired) electrons. The highest BCUT2D eigenvalue weighted by atomic mass is 32.1. The number of esters is 1. The lowest BCUT2D eigenvalue weighted by atomic mass is 10.2. The van der Waals surface area contributed by atoms with E-state index in [1.807, 2.05) is 6.07 Å². The molecule has 3 rings (SSSR count). The average molecular weight is 345 g/mol. The molecule has 0 aliphatic heterocycles. The van der Waals surface area contributed by atoms with Gasteiger partial charge in [-0.25, -0.2) is 9.78 Å². The zero-order chi connectivity index (χ0) is 17.1. The second-order valence-electron chi connectivity index (χ2n) is 4.99. The van der Waals surface area contributed by atoms with Crippen LogP contribution in [0.5, 0.6) is 0 Å². The maximum Gasteiger partial charge on any atom is 0.348 e. The maximum absolute atomic E-state index is 12.4. The van der Waals surface area contributed by atoms with Crippen LogP contribution in [0.25, 0.3) is 21.7 Å². The SMILES string of the molecule is COCCOC(=O)c1sc2nc(-c3ccccn3)[nH]c(=O)c2c1C. The quantitative estimate of drug-likeness (QED) is 0.562. The predicted molar refractivity (Wildman–Crippen MR) is 90.4 cm³/mol. The number of aromatic amines is 1. The minimum Gasteiger partial charge on any atom is -0.459 e. The molecule has 0 saturated carbocycles. The summed E-state index contributed by atoms with van der Waals surface area (Å²) in [6.07, 6.45) is 1.62. The van der Waals surface area contributed by atoms with E-state index in [2.05, 4.69) is 15.0 Å². The number of carbonyl (C=O) groups is 1.